The maximum atomic E-state index is 12.8. The lowest BCUT2D eigenvalue weighted by Gasteiger charge is -2.40. The van der Waals surface area contributed by atoms with Crippen LogP contribution in [0.1, 0.15) is 41.5 Å². The molecule has 174 valence electrons. The van der Waals surface area contributed by atoms with Gasteiger partial charge in [-0.1, -0.05) is 72.8 Å². The van der Waals surface area contributed by atoms with Crippen molar-refractivity contribution in [2.24, 2.45) is 0 Å². The Morgan fingerprint density at radius 1 is 0.727 bits per heavy atom. The fourth-order valence-electron chi connectivity index (χ4n) is 4.61. The van der Waals surface area contributed by atoms with Crippen LogP contribution in [0.4, 0.5) is 13.2 Å². The highest BCUT2D eigenvalue weighted by molar-refractivity contribution is 5.36. The lowest BCUT2D eigenvalue weighted by Crippen LogP contribution is -2.44. The van der Waals surface area contributed by atoms with E-state index in [9.17, 15) is 23.4 Å². The summed E-state index contributed by atoms with van der Waals surface area (Å²) in [6.45, 7) is 1.82. The molecule has 0 unspecified atom stereocenters. The molecular weight excluding hydrogens is 427 g/mol. The number of likely N-dealkylation sites (tertiary alicyclic amines) is 1. The van der Waals surface area contributed by atoms with Gasteiger partial charge in [-0.15, -0.1) is 0 Å². The van der Waals surface area contributed by atoms with E-state index in [4.69, 9.17) is 0 Å². The van der Waals surface area contributed by atoms with E-state index in [2.05, 4.69) is 4.90 Å². The number of hydrogen-bond acceptors (Lipinski definition) is 3. The zero-order valence-corrected chi connectivity index (χ0v) is 18.3. The SMILES string of the molecule is OC1(c2ccc(C(F)(F)F)cc2)CCN(CCC(O)(c2ccccc2)c2ccccc2)CC1. The predicted octanol–water partition coefficient (Wildman–Crippen LogP) is 5.32. The summed E-state index contributed by atoms with van der Waals surface area (Å²) in [4.78, 5) is 2.19. The molecule has 0 aliphatic carbocycles. The first-order valence-corrected chi connectivity index (χ1v) is 11.2. The summed E-state index contributed by atoms with van der Waals surface area (Å²) in [7, 11) is 0. The van der Waals surface area contributed by atoms with Crippen molar-refractivity contribution in [3.63, 3.8) is 0 Å². The summed E-state index contributed by atoms with van der Waals surface area (Å²) in [5, 5.41) is 22.8. The molecule has 1 saturated heterocycles. The summed E-state index contributed by atoms with van der Waals surface area (Å²) in [6, 6.07) is 24.0. The number of benzene rings is 3. The molecule has 3 aromatic carbocycles. The van der Waals surface area contributed by atoms with E-state index in [1.807, 2.05) is 60.7 Å². The lowest BCUT2D eigenvalue weighted by molar-refractivity contribution is -0.137. The molecule has 3 aromatic rings. The number of hydrogen-bond donors (Lipinski definition) is 2. The van der Waals surface area contributed by atoms with Gasteiger partial charge < -0.3 is 15.1 Å². The third kappa shape index (κ3) is 5.13. The van der Waals surface area contributed by atoms with Gasteiger partial charge in [0.2, 0.25) is 0 Å². The standard InChI is InChI=1S/C27H28F3NO2/c28-27(29,30)24-13-11-21(12-14-24)25(32)15-18-31(19-16-25)20-17-26(33,22-7-3-1-4-8-22)23-9-5-2-6-10-23/h1-14,32-33H,15-20H2. The highest BCUT2D eigenvalue weighted by Crippen LogP contribution is 2.37. The summed E-state index contributed by atoms with van der Waals surface area (Å²) in [5.74, 6) is 0. The van der Waals surface area contributed by atoms with Gasteiger partial charge in [0, 0.05) is 19.6 Å². The van der Waals surface area contributed by atoms with Crippen molar-refractivity contribution >= 4 is 0 Å². The Hall–Kier alpha value is -2.67. The molecule has 0 bridgehead atoms. The van der Waals surface area contributed by atoms with Crippen LogP contribution in [0, 0.1) is 0 Å². The van der Waals surface area contributed by atoms with E-state index < -0.39 is 22.9 Å². The highest BCUT2D eigenvalue weighted by atomic mass is 19.4. The fraction of sp³-hybridized carbons (Fsp3) is 0.333. The molecule has 4 rings (SSSR count). The summed E-state index contributed by atoms with van der Waals surface area (Å²) in [5.41, 5.74) is -0.822. The number of rotatable bonds is 6. The maximum absolute atomic E-state index is 12.8. The topological polar surface area (TPSA) is 43.7 Å². The predicted molar refractivity (Wildman–Crippen MR) is 122 cm³/mol. The average molecular weight is 456 g/mol. The van der Waals surface area contributed by atoms with Crippen LogP contribution in [0.3, 0.4) is 0 Å². The van der Waals surface area contributed by atoms with Gasteiger partial charge in [0.15, 0.2) is 0 Å². The van der Waals surface area contributed by atoms with Gasteiger partial charge in [0.1, 0.15) is 5.60 Å². The number of halogens is 3. The van der Waals surface area contributed by atoms with Crippen molar-refractivity contribution < 1.29 is 23.4 Å². The number of aliphatic hydroxyl groups is 2. The quantitative estimate of drug-likeness (QED) is 0.529. The zero-order valence-electron chi connectivity index (χ0n) is 18.3. The van der Waals surface area contributed by atoms with Crippen molar-refractivity contribution in [2.75, 3.05) is 19.6 Å². The van der Waals surface area contributed by atoms with Crippen LogP contribution >= 0.6 is 0 Å². The third-order valence-corrected chi connectivity index (χ3v) is 6.73. The second kappa shape index (κ2) is 9.29. The highest BCUT2D eigenvalue weighted by Gasteiger charge is 2.37. The van der Waals surface area contributed by atoms with E-state index in [0.717, 1.165) is 23.3 Å². The normalized spacial score (nSPS) is 17.1. The number of alkyl halides is 3. The van der Waals surface area contributed by atoms with Crippen LogP contribution in [-0.2, 0) is 17.4 Å². The van der Waals surface area contributed by atoms with Crippen LogP contribution in [0.2, 0.25) is 0 Å². The molecule has 0 radical (unpaired) electrons. The Bertz CT molecular complexity index is 989. The largest absolute Gasteiger partial charge is 0.416 e. The molecule has 33 heavy (non-hydrogen) atoms. The molecule has 2 N–H and O–H groups in total. The smallest absolute Gasteiger partial charge is 0.385 e. The Labute approximate surface area is 192 Å². The van der Waals surface area contributed by atoms with E-state index >= 15 is 0 Å². The van der Waals surface area contributed by atoms with Gasteiger partial charge in [0.25, 0.3) is 0 Å². The Morgan fingerprint density at radius 2 is 1.21 bits per heavy atom. The van der Waals surface area contributed by atoms with E-state index in [1.165, 1.54) is 12.1 Å². The van der Waals surface area contributed by atoms with Gasteiger partial charge in [-0.2, -0.15) is 13.2 Å². The molecule has 1 heterocycles. The summed E-state index contributed by atoms with van der Waals surface area (Å²) in [6.07, 6.45) is -3.06. The number of piperidine rings is 1. The van der Waals surface area contributed by atoms with Gasteiger partial charge in [-0.05, 0) is 48.1 Å². The van der Waals surface area contributed by atoms with Crippen LogP contribution in [0.25, 0.3) is 0 Å². The van der Waals surface area contributed by atoms with Crippen LogP contribution in [-0.4, -0.2) is 34.7 Å². The first-order valence-electron chi connectivity index (χ1n) is 11.2. The molecule has 0 spiro atoms. The fourth-order valence-corrected chi connectivity index (χ4v) is 4.61. The Morgan fingerprint density at radius 3 is 1.67 bits per heavy atom. The number of nitrogens with zero attached hydrogens (tertiary/aromatic N) is 1. The molecule has 3 nitrogen and oxygen atoms in total. The second-order valence-electron chi connectivity index (χ2n) is 8.79. The second-order valence-corrected chi connectivity index (χ2v) is 8.79. The molecular formula is C27H28F3NO2. The third-order valence-electron chi connectivity index (χ3n) is 6.73. The molecule has 0 amide bonds. The summed E-state index contributed by atoms with van der Waals surface area (Å²) < 4.78 is 38.5. The first kappa shape index (κ1) is 23.5. The average Bonchev–Trinajstić information content (AvgIpc) is 2.84. The zero-order chi connectivity index (χ0) is 23.5. The van der Waals surface area contributed by atoms with Crippen molar-refractivity contribution in [3.8, 4) is 0 Å². The molecule has 6 heteroatoms. The Balaban J connectivity index is 1.43. The van der Waals surface area contributed by atoms with Crippen molar-refractivity contribution in [1.82, 2.24) is 4.90 Å². The van der Waals surface area contributed by atoms with Gasteiger partial charge in [-0.25, -0.2) is 0 Å². The van der Waals surface area contributed by atoms with Gasteiger partial charge >= 0.3 is 6.18 Å². The minimum Gasteiger partial charge on any atom is -0.385 e. The van der Waals surface area contributed by atoms with Gasteiger partial charge in [0.05, 0.1) is 11.2 Å². The van der Waals surface area contributed by atoms with Crippen LogP contribution < -0.4 is 0 Å². The molecule has 0 aromatic heterocycles. The van der Waals surface area contributed by atoms with Crippen LogP contribution in [0.5, 0.6) is 0 Å². The lowest BCUT2D eigenvalue weighted by atomic mass is 9.82. The maximum Gasteiger partial charge on any atom is 0.416 e. The molecule has 1 fully saturated rings. The summed E-state index contributed by atoms with van der Waals surface area (Å²) >= 11 is 0. The first-order chi connectivity index (χ1) is 15.7. The van der Waals surface area contributed by atoms with Crippen LogP contribution in [0.15, 0.2) is 84.9 Å². The van der Waals surface area contributed by atoms with Crippen molar-refractivity contribution in [2.45, 2.75) is 36.6 Å². The van der Waals surface area contributed by atoms with Gasteiger partial charge in [-0.3, -0.25) is 0 Å². The molecule has 0 atom stereocenters. The van der Waals surface area contributed by atoms with Crippen molar-refractivity contribution in [3.05, 3.63) is 107 Å². The van der Waals surface area contributed by atoms with E-state index in [-0.39, 0.29) is 0 Å². The monoisotopic (exact) mass is 455 g/mol. The van der Waals surface area contributed by atoms with E-state index in [0.29, 0.717) is 44.5 Å². The minimum atomic E-state index is -4.39. The molecule has 1 aliphatic rings. The van der Waals surface area contributed by atoms with E-state index in [1.54, 1.807) is 0 Å². The Kier molecular flexibility index (Phi) is 6.61. The molecule has 0 saturated carbocycles. The molecule has 1 aliphatic heterocycles. The van der Waals surface area contributed by atoms with Crippen molar-refractivity contribution in [1.29, 1.82) is 0 Å². The minimum absolute atomic E-state index is 0.424.